The topological polar surface area (TPSA) is 37.4 Å². The Morgan fingerprint density at radius 2 is 1.93 bits per heavy atom. The molecule has 1 rings (SSSR count). The van der Waals surface area contributed by atoms with E-state index in [2.05, 4.69) is 6.92 Å². The molecule has 0 aromatic rings. The van der Waals surface area contributed by atoms with Crippen LogP contribution in [0.5, 0.6) is 0 Å². The van der Waals surface area contributed by atoms with Gasteiger partial charge in [0, 0.05) is 18.2 Å². The van der Waals surface area contributed by atoms with E-state index >= 15 is 0 Å². The van der Waals surface area contributed by atoms with E-state index in [-0.39, 0.29) is 11.8 Å². The summed E-state index contributed by atoms with van der Waals surface area (Å²) in [7, 11) is 0. The summed E-state index contributed by atoms with van der Waals surface area (Å²) in [6.45, 7) is 4.42. The number of likely N-dealkylation sites (N-methyl/N-ethyl adjacent to an activating group) is 1. The number of hydrogen-bond donors (Lipinski definition) is 0. The number of carbonyl (C=O) groups excluding carboxylic acids is 2. The van der Waals surface area contributed by atoms with Crippen LogP contribution in [-0.2, 0) is 9.59 Å². The first kappa shape index (κ1) is 11.0. The number of carbonyl (C=O) groups is 2. The van der Waals surface area contributed by atoms with Crippen molar-refractivity contribution in [2.24, 2.45) is 0 Å². The number of hydrogen-bond acceptors (Lipinski definition) is 2. The number of imide groups is 1. The van der Waals surface area contributed by atoms with Gasteiger partial charge in [-0.1, -0.05) is 19.8 Å². The highest BCUT2D eigenvalue weighted by atomic mass is 16.2. The molecule has 0 atom stereocenters. The third-order valence-corrected chi connectivity index (χ3v) is 2.45. The highest BCUT2D eigenvalue weighted by Gasteiger charge is 2.28. The quantitative estimate of drug-likeness (QED) is 0.496. The Bertz CT molecular complexity index is 268. The van der Waals surface area contributed by atoms with Gasteiger partial charge in [-0.05, 0) is 19.8 Å². The molecule has 0 N–H and O–H groups in total. The lowest BCUT2D eigenvalue weighted by molar-refractivity contribution is -0.136. The van der Waals surface area contributed by atoms with Crippen LogP contribution >= 0.6 is 0 Å². The minimum Gasteiger partial charge on any atom is -0.275 e. The fraction of sp³-hybridized carbons (Fsp3) is 0.636. The lowest BCUT2D eigenvalue weighted by Gasteiger charge is -2.10. The second kappa shape index (κ2) is 4.94. The average Bonchev–Trinajstić information content (AvgIpc) is 2.42. The van der Waals surface area contributed by atoms with Crippen LogP contribution in [-0.4, -0.2) is 23.3 Å². The van der Waals surface area contributed by atoms with E-state index in [1.807, 2.05) is 6.92 Å². The summed E-state index contributed by atoms with van der Waals surface area (Å²) in [4.78, 5) is 24.2. The van der Waals surface area contributed by atoms with E-state index in [1.165, 1.54) is 11.0 Å². The molecule has 1 aliphatic heterocycles. The van der Waals surface area contributed by atoms with Gasteiger partial charge in [0.2, 0.25) is 0 Å². The summed E-state index contributed by atoms with van der Waals surface area (Å²) >= 11 is 0. The van der Waals surface area contributed by atoms with Gasteiger partial charge >= 0.3 is 0 Å². The lowest BCUT2D eigenvalue weighted by atomic mass is 10.1. The van der Waals surface area contributed by atoms with Crippen molar-refractivity contribution in [3.05, 3.63) is 11.6 Å². The minimum absolute atomic E-state index is 0.0893. The molecular weight excluding hydrogens is 178 g/mol. The molecule has 0 unspecified atom stereocenters. The monoisotopic (exact) mass is 195 g/mol. The zero-order valence-corrected chi connectivity index (χ0v) is 8.88. The molecule has 1 heterocycles. The molecule has 3 nitrogen and oxygen atoms in total. The Hall–Kier alpha value is -1.12. The van der Waals surface area contributed by atoms with Crippen LogP contribution in [0, 0.1) is 0 Å². The second-order valence-corrected chi connectivity index (χ2v) is 3.51. The summed E-state index contributed by atoms with van der Waals surface area (Å²) in [5.74, 6) is -0.238. The van der Waals surface area contributed by atoms with Gasteiger partial charge in [-0.25, -0.2) is 0 Å². The van der Waals surface area contributed by atoms with Crippen molar-refractivity contribution in [3.8, 4) is 0 Å². The third-order valence-electron chi connectivity index (χ3n) is 2.45. The molecule has 0 aromatic heterocycles. The van der Waals surface area contributed by atoms with Gasteiger partial charge in [-0.15, -0.1) is 0 Å². The van der Waals surface area contributed by atoms with Crippen molar-refractivity contribution in [1.82, 2.24) is 4.90 Å². The second-order valence-electron chi connectivity index (χ2n) is 3.51. The standard InChI is InChI=1S/C11H17NO2/c1-3-5-6-7-9-8-10(13)12(4-2)11(9)14/h8H,3-7H2,1-2H3. The van der Waals surface area contributed by atoms with Crippen LogP contribution in [0.1, 0.15) is 39.5 Å². The van der Waals surface area contributed by atoms with E-state index in [0.717, 1.165) is 25.7 Å². The van der Waals surface area contributed by atoms with Gasteiger partial charge in [0.15, 0.2) is 0 Å². The van der Waals surface area contributed by atoms with Crippen molar-refractivity contribution in [2.45, 2.75) is 39.5 Å². The maximum atomic E-state index is 11.6. The summed E-state index contributed by atoms with van der Waals surface area (Å²) in [6.07, 6.45) is 5.48. The van der Waals surface area contributed by atoms with Crippen molar-refractivity contribution >= 4 is 11.8 Å². The Labute approximate surface area is 84.8 Å². The van der Waals surface area contributed by atoms with Crippen LogP contribution in [0.2, 0.25) is 0 Å². The van der Waals surface area contributed by atoms with Gasteiger partial charge in [0.25, 0.3) is 11.8 Å². The first-order chi connectivity index (χ1) is 6.70. The van der Waals surface area contributed by atoms with Gasteiger partial charge < -0.3 is 0 Å². The lowest BCUT2D eigenvalue weighted by Crippen LogP contribution is -2.30. The Kier molecular flexibility index (Phi) is 3.86. The molecule has 1 aliphatic rings. The molecule has 0 spiro atoms. The van der Waals surface area contributed by atoms with E-state index < -0.39 is 0 Å². The fourth-order valence-corrected chi connectivity index (χ4v) is 1.61. The van der Waals surface area contributed by atoms with E-state index in [9.17, 15) is 9.59 Å². The maximum absolute atomic E-state index is 11.6. The predicted octanol–water partition coefficient (Wildman–Crippen LogP) is 1.88. The number of unbranched alkanes of at least 4 members (excludes halogenated alkanes) is 2. The fourth-order valence-electron chi connectivity index (χ4n) is 1.61. The first-order valence-corrected chi connectivity index (χ1v) is 5.27. The van der Waals surface area contributed by atoms with Crippen LogP contribution in [0.15, 0.2) is 11.6 Å². The van der Waals surface area contributed by atoms with Gasteiger partial charge in [-0.3, -0.25) is 14.5 Å². The van der Waals surface area contributed by atoms with Crippen molar-refractivity contribution < 1.29 is 9.59 Å². The largest absolute Gasteiger partial charge is 0.275 e. The molecule has 0 aromatic carbocycles. The number of amides is 2. The van der Waals surface area contributed by atoms with Crippen molar-refractivity contribution in [2.75, 3.05) is 6.54 Å². The van der Waals surface area contributed by atoms with Crippen LogP contribution in [0.4, 0.5) is 0 Å². The van der Waals surface area contributed by atoms with Crippen LogP contribution < -0.4 is 0 Å². The smallest absolute Gasteiger partial charge is 0.256 e. The molecular formula is C11H17NO2. The van der Waals surface area contributed by atoms with E-state index in [0.29, 0.717) is 12.1 Å². The van der Waals surface area contributed by atoms with Gasteiger partial charge in [0.05, 0.1) is 0 Å². The van der Waals surface area contributed by atoms with Crippen molar-refractivity contribution in [1.29, 1.82) is 0 Å². The highest BCUT2D eigenvalue weighted by molar-refractivity contribution is 6.16. The summed E-state index contributed by atoms with van der Waals surface area (Å²) in [5.41, 5.74) is 0.685. The first-order valence-electron chi connectivity index (χ1n) is 5.27. The van der Waals surface area contributed by atoms with Crippen molar-refractivity contribution in [3.63, 3.8) is 0 Å². The highest BCUT2D eigenvalue weighted by Crippen LogP contribution is 2.18. The average molecular weight is 195 g/mol. The normalized spacial score (nSPS) is 16.4. The molecule has 0 saturated heterocycles. The SMILES string of the molecule is CCCCCC1=CC(=O)N(CC)C1=O. The molecule has 3 heteroatoms. The van der Waals surface area contributed by atoms with E-state index in [1.54, 1.807) is 0 Å². The maximum Gasteiger partial charge on any atom is 0.256 e. The van der Waals surface area contributed by atoms with Gasteiger partial charge in [0.1, 0.15) is 0 Å². The van der Waals surface area contributed by atoms with E-state index in [4.69, 9.17) is 0 Å². The van der Waals surface area contributed by atoms with Gasteiger partial charge in [-0.2, -0.15) is 0 Å². The molecule has 0 fully saturated rings. The summed E-state index contributed by atoms with van der Waals surface area (Å²) < 4.78 is 0. The molecule has 0 aliphatic carbocycles. The van der Waals surface area contributed by atoms with Crippen LogP contribution in [0.25, 0.3) is 0 Å². The molecule has 14 heavy (non-hydrogen) atoms. The molecule has 0 saturated carbocycles. The number of rotatable bonds is 5. The zero-order chi connectivity index (χ0) is 10.6. The zero-order valence-electron chi connectivity index (χ0n) is 8.88. The molecule has 0 bridgehead atoms. The summed E-state index contributed by atoms with van der Waals surface area (Å²) in [6, 6.07) is 0. The predicted molar refractivity (Wildman–Crippen MR) is 54.6 cm³/mol. The third kappa shape index (κ3) is 2.22. The molecule has 2 amide bonds. The Morgan fingerprint density at radius 1 is 1.21 bits per heavy atom. The Balaban J connectivity index is 2.51. The Morgan fingerprint density at radius 3 is 2.43 bits per heavy atom. The van der Waals surface area contributed by atoms with Crippen LogP contribution in [0.3, 0.4) is 0 Å². The molecule has 0 radical (unpaired) electrons. The molecule has 78 valence electrons. The summed E-state index contributed by atoms with van der Waals surface area (Å²) in [5, 5.41) is 0. The number of nitrogens with zero attached hydrogens (tertiary/aromatic N) is 1. The minimum atomic E-state index is -0.149.